The highest BCUT2D eigenvalue weighted by molar-refractivity contribution is 5.29. The summed E-state index contributed by atoms with van der Waals surface area (Å²) in [5.41, 5.74) is 3.79. The molecule has 0 heterocycles. The summed E-state index contributed by atoms with van der Waals surface area (Å²) in [4.78, 5) is 0. The van der Waals surface area contributed by atoms with Crippen LogP contribution >= 0.6 is 0 Å². The molecular weight excluding hydrogens is 182 g/mol. The zero-order valence-corrected chi connectivity index (χ0v) is 10.0. The first-order valence-electron chi connectivity index (χ1n) is 5.60. The summed E-state index contributed by atoms with van der Waals surface area (Å²) in [5, 5.41) is 3.51. The summed E-state index contributed by atoms with van der Waals surface area (Å²) in [6, 6.07) is 8.91. The predicted octanol–water partition coefficient (Wildman–Crippen LogP) is 3.61. The highest BCUT2D eigenvalue weighted by Crippen LogP contribution is 2.20. The van der Waals surface area contributed by atoms with E-state index in [0.717, 1.165) is 13.0 Å². The van der Waals surface area contributed by atoms with Gasteiger partial charge in [0, 0.05) is 0 Å². The largest absolute Gasteiger partial charge is 0.307 e. The van der Waals surface area contributed by atoms with E-state index in [1.807, 2.05) is 0 Å². The minimum atomic E-state index is 0.296. The van der Waals surface area contributed by atoms with Gasteiger partial charge in [-0.1, -0.05) is 48.9 Å². The van der Waals surface area contributed by atoms with Crippen LogP contribution in [-0.2, 0) is 0 Å². The van der Waals surface area contributed by atoms with Crippen LogP contribution in [0.15, 0.2) is 36.4 Å². The number of rotatable bonds is 5. The molecule has 15 heavy (non-hydrogen) atoms. The summed E-state index contributed by atoms with van der Waals surface area (Å²) >= 11 is 0. The third kappa shape index (κ3) is 3.52. The van der Waals surface area contributed by atoms with E-state index in [0.29, 0.717) is 6.04 Å². The second-order valence-electron chi connectivity index (χ2n) is 4.15. The number of nitrogens with one attached hydrogen (secondary N) is 1. The number of benzene rings is 1. The molecular formula is C14H21N. The first-order chi connectivity index (χ1) is 7.15. The molecule has 1 atom stereocenters. The van der Waals surface area contributed by atoms with Crippen LogP contribution < -0.4 is 5.32 Å². The van der Waals surface area contributed by atoms with Gasteiger partial charge in [0.2, 0.25) is 0 Å². The second kappa shape index (κ2) is 5.72. The fraction of sp³-hybridized carbons (Fsp3) is 0.429. The number of hydrogen-bond donors (Lipinski definition) is 1. The van der Waals surface area contributed by atoms with E-state index in [2.05, 4.69) is 56.9 Å². The monoisotopic (exact) mass is 203 g/mol. The molecule has 0 radical (unpaired) electrons. The minimum Gasteiger partial charge on any atom is -0.307 e. The maximum Gasteiger partial charge on any atom is 0.0530 e. The number of hydrogen-bond acceptors (Lipinski definition) is 1. The van der Waals surface area contributed by atoms with Crippen LogP contribution in [0.5, 0.6) is 0 Å². The molecule has 0 spiro atoms. The molecule has 0 saturated carbocycles. The van der Waals surface area contributed by atoms with Gasteiger partial charge in [-0.2, -0.15) is 0 Å². The van der Waals surface area contributed by atoms with E-state index >= 15 is 0 Å². The molecule has 1 rings (SSSR count). The summed E-state index contributed by atoms with van der Waals surface area (Å²) in [6.45, 7) is 11.5. The lowest BCUT2D eigenvalue weighted by Gasteiger charge is -2.19. The van der Waals surface area contributed by atoms with Crippen molar-refractivity contribution >= 4 is 0 Å². The molecule has 1 aromatic rings. The van der Waals surface area contributed by atoms with Crippen LogP contribution in [0.25, 0.3) is 0 Å². The molecule has 0 amide bonds. The van der Waals surface area contributed by atoms with Gasteiger partial charge in [0.25, 0.3) is 0 Å². The average molecular weight is 203 g/mol. The summed E-state index contributed by atoms with van der Waals surface area (Å²) in [6.07, 6.45) is 1.15. The van der Waals surface area contributed by atoms with Crippen molar-refractivity contribution in [1.29, 1.82) is 0 Å². The summed E-state index contributed by atoms with van der Waals surface area (Å²) < 4.78 is 0. The van der Waals surface area contributed by atoms with Gasteiger partial charge in [-0.15, -0.1) is 0 Å². The SMILES string of the molecule is C=C(C)C(NCCC)c1cccc(C)c1. The van der Waals surface area contributed by atoms with Crippen LogP contribution in [0, 0.1) is 6.92 Å². The maximum atomic E-state index is 4.05. The summed E-state index contributed by atoms with van der Waals surface area (Å²) in [5.74, 6) is 0. The predicted molar refractivity (Wildman–Crippen MR) is 67.0 cm³/mol. The molecule has 0 fully saturated rings. The zero-order chi connectivity index (χ0) is 11.3. The van der Waals surface area contributed by atoms with Gasteiger partial charge in [0.15, 0.2) is 0 Å². The summed E-state index contributed by atoms with van der Waals surface area (Å²) in [7, 11) is 0. The molecule has 1 unspecified atom stereocenters. The highest BCUT2D eigenvalue weighted by atomic mass is 14.9. The van der Waals surface area contributed by atoms with Crippen molar-refractivity contribution < 1.29 is 0 Å². The van der Waals surface area contributed by atoms with Crippen molar-refractivity contribution in [2.24, 2.45) is 0 Å². The van der Waals surface area contributed by atoms with Crippen LogP contribution in [0.3, 0.4) is 0 Å². The van der Waals surface area contributed by atoms with Crippen molar-refractivity contribution in [3.8, 4) is 0 Å². The Morgan fingerprint density at radius 2 is 2.20 bits per heavy atom. The van der Waals surface area contributed by atoms with Gasteiger partial charge < -0.3 is 5.32 Å². The van der Waals surface area contributed by atoms with E-state index in [-0.39, 0.29) is 0 Å². The third-order valence-corrected chi connectivity index (χ3v) is 2.47. The fourth-order valence-corrected chi connectivity index (χ4v) is 1.71. The Bertz CT molecular complexity index is 328. The Morgan fingerprint density at radius 1 is 1.47 bits per heavy atom. The lowest BCUT2D eigenvalue weighted by molar-refractivity contribution is 0.591. The van der Waals surface area contributed by atoms with E-state index in [9.17, 15) is 0 Å². The Labute approximate surface area is 93.2 Å². The molecule has 1 N–H and O–H groups in total. The van der Waals surface area contributed by atoms with Crippen LogP contribution in [-0.4, -0.2) is 6.54 Å². The average Bonchev–Trinajstić information content (AvgIpc) is 2.18. The topological polar surface area (TPSA) is 12.0 Å². The molecule has 0 aliphatic rings. The first-order valence-corrected chi connectivity index (χ1v) is 5.60. The van der Waals surface area contributed by atoms with Crippen LogP contribution in [0.4, 0.5) is 0 Å². The van der Waals surface area contributed by atoms with Crippen LogP contribution in [0.1, 0.15) is 37.4 Å². The molecule has 0 aromatic heterocycles. The molecule has 1 aromatic carbocycles. The third-order valence-electron chi connectivity index (χ3n) is 2.47. The van der Waals surface area contributed by atoms with E-state index < -0.39 is 0 Å². The van der Waals surface area contributed by atoms with Gasteiger partial charge in [0.1, 0.15) is 0 Å². The Hall–Kier alpha value is -1.08. The van der Waals surface area contributed by atoms with Gasteiger partial charge in [-0.25, -0.2) is 0 Å². The zero-order valence-electron chi connectivity index (χ0n) is 10.0. The lowest BCUT2D eigenvalue weighted by Crippen LogP contribution is -2.22. The van der Waals surface area contributed by atoms with Gasteiger partial charge in [0.05, 0.1) is 6.04 Å². The minimum absolute atomic E-state index is 0.296. The molecule has 82 valence electrons. The molecule has 1 nitrogen and oxygen atoms in total. The molecule has 0 bridgehead atoms. The van der Waals surface area contributed by atoms with E-state index in [1.165, 1.54) is 16.7 Å². The second-order valence-corrected chi connectivity index (χ2v) is 4.15. The molecule has 1 heteroatoms. The highest BCUT2D eigenvalue weighted by Gasteiger charge is 2.10. The molecule has 0 aliphatic carbocycles. The Balaban J connectivity index is 2.84. The van der Waals surface area contributed by atoms with Crippen molar-refractivity contribution in [2.45, 2.75) is 33.2 Å². The molecule has 0 aliphatic heterocycles. The van der Waals surface area contributed by atoms with Crippen molar-refractivity contribution in [2.75, 3.05) is 6.54 Å². The van der Waals surface area contributed by atoms with Crippen molar-refractivity contribution in [3.63, 3.8) is 0 Å². The lowest BCUT2D eigenvalue weighted by atomic mass is 9.99. The smallest absolute Gasteiger partial charge is 0.0530 e. The van der Waals surface area contributed by atoms with Crippen LogP contribution in [0.2, 0.25) is 0 Å². The fourth-order valence-electron chi connectivity index (χ4n) is 1.71. The maximum absolute atomic E-state index is 4.05. The van der Waals surface area contributed by atoms with Gasteiger partial charge in [-0.05, 0) is 32.4 Å². The Morgan fingerprint density at radius 3 is 2.73 bits per heavy atom. The normalized spacial score (nSPS) is 12.5. The standard InChI is InChI=1S/C14H21N/c1-5-9-15-14(11(2)3)13-8-6-7-12(4)10-13/h6-8,10,14-15H,2,5,9H2,1,3-4H3. The van der Waals surface area contributed by atoms with Crippen molar-refractivity contribution in [1.82, 2.24) is 5.32 Å². The molecule has 0 saturated heterocycles. The van der Waals surface area contributed by atoms with E-state index in [1.54, 1.807) is 0 Å². The first kappa shape index (κ1) is 12.0. The quantitative estimate of drug-likeness (QED) is 0.721. The number of aryl methyl sites for hydroxylation is 1. The van der Waals surface area contributed by atoms with Crippen molar-refractivity contribution in [3.05, 3.63) is 47.5 Å². The Kier molecular flexibility index (Phi) is 4.57. The van der Waals surface area contributed by atoms with Gasteiger partial charge in [-0.3, -0.25) is 0 Å². The van der Waals surface area contributed by atoms with E-state index in [4.69, 9.17) is 0 Å². The van der Waals surface area contributed by atoms with Gasteiger partial charge >= 0.3 is 0 Å².